The highest BCUT2D eigenvalue weighted by Gasteiger charge is 2.41. The lowest BCUT2D eigenvalue weighted by Gasteiger charge is -2.29. The van der Waals surface area contributed by atoms with Crippen molar-refractivity contribution in [3.63, 3.8) is 0 Å². The predicted octanol–water partition coefficient (Wildman–Crippen LogP) is 2.90. The Balaban J connectivity index is 1.97. The van der Waals surface area contributed by atoms with E-state index in [0.717, 1.165) is 19.4 Å². The van der Waals surface area contributed by atoms with Crippen LogP contribution in [-0.2, 0) is 4.79 Å². The van der Waals surface area contributed by atoms with E-state index in [1.165, 1.54) is 38.5 Å². The fraction of sp³-hybridized carbons (Fsp3) is 0.933. The third kappa shape index (κ3) is 2.87. The quantitative estimate of drug-likeness (QED) is 0.737. The monoisotopic (exact) mass is 252 g/mol. The molecule has 1 N–H and O–H groups in total. The normalized spacial score (nSPS) is 29.4. The molecule has 1 saturated carbocycles. The van der Waals surface area contributed by atoms with E-state index in [2.05, 4.69) is 24.1 Å². The van der Waals surface area contributed by atoms with Gasteiger partial charge in [-0.25, -0.2) is 0 Å². The first-order valence-corrected chi connectivity index (χ1v) is 7.84. The van der Waals surface area contributed by atoms with Gasteiger partial charge in [0.05, 0.1) is 12.2 Å². The van der Waals surface area contributed by atoms with Crippen LogP contribution in [0.2, 0.25) is 0 Å². The van der Waals surface area contributed by atoms with E-state index in [1.54, 1.807) is 0 Å². The van der Waals surface area contributed by atoms with E-state index in [0.29, 0.717) is 18.0 Å². The molecule has 3 nitrogen and oxygen atoms in total. The summed E-state index contributed by atoms with van der Waals surface area (Å²) in [5.41, 5.74) is 0. The van der Waals surface area contributed by atoms with Crippen molar-refractivity contribution >= 4 is 5.91 Å². The Morgan fingerprint density at radius 2 is 1.94 bits per heavy atom. The molecule has 3 heteroatoms. The van der Waals surface area contributed by atoms with E-state index in [9.17, 15) is 4.79 Å². The molecule has 1 heterocycles. The van der Waals surface area contributed by atoms with Gasteiger partial charge in [0, 0.05) is 6.54 Å². The zero-order valence-corrected chi connectivity index (χ0v) is 12.0. The highest BCUT2D eigenvalue weighted by molar-refractivity contribution is 5.84. The van der Waals surface area contributed by atoms with Crippen molar-refractivity contribution < 1.29 is 4.79 Å². The number of hydrogen-bond donors (Lipinski definition) is 1. The van der Waals surface area contributed by atoms with Crippen molar-refractivity contribution in [3.05, 3.63) is 0 Å². The van der Waals surface area contributed by atoms with E-state index in [4.69, 9.17) is 0 Å². The molecule has 2 unspecified atom stereocenters. The van der Waals surface area contributed by atoms with Gasteiger partial charge in [-0.15, -0.1) is 0 Å². The van der Waals surface area contributed by atoms with Gasteiger partial charge in [-0.1, -0.05) is 39.5 Å². The fourth-order valence-electron chi connectivity index (χ4n) is 3.44. The number of amides is 1. The van der Waals surface area contributed by atoms with Crippen molar-refractivity contribution in [2.45, 2.75) is 77.4 Å². The molecule has 18 heavy (non-hydrogen) atoms. The van der Waals surface area contributed by atoms with Crippen LogP contribution in [0.25, 0.3) is 0 Å². The predicted molar refractivity (Wildman–Crippen MR) is 74.2 cm³/mol. The zero-order valence-electron chi connectivity index (χ0n) is 12.0. The topological polar surface area (TPSA) is 32.3 Å². The summed E-state index contributed by atoms with van der Waals surface area (Å²) in [6.07, 6.45) is 10.2. The molecule has 2 fully saturated rings. The van der Waals surface area contributed by atoms with Crippen LogP contribution in [0.5, 0.6) is 0 Å². The maximum atomic E-state index is 12.4. The number of hydrogen-bond acceptors (Lipinski definition) is 2. The van der Waals surface area contributed by atoms with E-state index < -0.39 is 0 Å². The van der Waals surface area contributed by atoms with Crippen LogP contribution < -0.4 is 5.32 Å². The van der Waals surface area contributed by atoms with Crippen molar-refractivity contribution in [2.24, 2.45) is 5.92 Å². The van der Waals surface area contributed by atoms with Gasteiger partial charge >= 0.3 is 0 Å². The molecule has 2 atom stereocenters. The summed E-state index contributed by atoms with van der Waals surface area (Å²) in [5.74, 6) is 1.05. The Morgan fingerprint density at radius 3 is 2.56 bits per heavy atom. The number of nitrogens with one attached hydrogen (secondary N) is 1. The molecule has 2 aliphatic rings. The van der Waals surface area contributed by atoms with Crippen LogP contribution in [0.15, 0.2) is 0 Å². The minimum Gasteiger partial charge on any atom is -0.326 e. The highest BCUT2D eigenvalue weighted by Crippen LogP contribution is 2.32. The SMILES string of the molecule is CCCCCN1C(=O)C(CC)NC1C1CCCC1. The van der Waals surface area contributed by atoms with Gasteiger partial charge < -0.3 is 4.90 Å². The van der Waals surface area contributed by atoms with Gasteiger partial charge in [0.2, 0.25) is 5.91 Å². The van der Waals surface area contributed by atoms with Gasteiger partial charge in [-0.3, -0.25) is 10.1 Å². The fourth-order valence-corrected chi connectivity index (χ4v) is 3.44. The standard InChI is InChI=1S/C15H28N2O/c1-3-5-8-11-17-14(12-9-6-7-10-12)16-13(4-2)15(17)18/h12-14,16H,3-11H2,1-2H3. The van der Waals surface area contributed by atoms with Crippen molar-refractivity contribution in [3.8, 4) is 0 Å². The maximum absolute atomic E-state index is 12.4. The Kier molecular flexibility index (Phi) is 5.04. The Morgan fingerprint density at radius 1 is 1.22 bits per heavy atom. The summed E-state index contributed by atoms with van der Waals surface area (Å²) in [6.45, 7) is 5.28. The van der Waals surface area contributed by atoms with Crippen LogP contribution in [-0.4, -0.2) is 29.6 Å². The number of carbonyl (C=O) groups excluding carboxylic acids is 1. The largest absolute Gasteiger partial charge is 0.326 e. The van der Waals surface area contributed by atoms with Crippen molar-refractivity contribution in [1.29, 1.82) is 0 Å². The lowest BCUT2D eigenvalue weighted by molar-refractivity contribution is -0.130. The summed E-state index contributed by atoms with van der Waals surface area (Å²) in [7, 11) is 0. The zero-order chi connectivity index (χ0) is 13.0. The average molecular weight is 252 g/mol. The molecule has 0 aromatic rings. The third-order valence-corrected chi connectivity index (χ3v) is 4.55. The molecular weight excluding hydrogens is 224 g/mol. The summed E-state index contributed by atoms with van der Waals surface area (Å²) in [5, 5.41) is 3.59. The summed E-state index contributed by atoms with van der Waals surface area (Å²) in [6, 6.07) is 0.0808. The maximum Gasteiger partial charge on any atom is 0.241 e. The molecule has 0 aromatic heterocycles. The first kappa shape index (κ1) is 13.9. The Hall–Kier alpha value is -0.570. The van der Waals surface area contributed by atoms with Crippen molar-refractivity contribution in [1.82, 2.24) is 10.2 Å². The molecule has 1 aliphatic carbocycles. The van der Waals surface area contributed by atoms with Crippen LogP contribution in [0.4, 0.5) is 0 Å². The number of nitrogens with zero attached hydrogens (tertiary/aromatic N) is 1. The molecule has 0 spiro atoms. The number of rotatable bonds is 6. The lowest BCUT2D eigenvalue weighted by Crippen LogP contribution is -2.43. The second-order valence-electron chi connectivity index (χ2n) is 5.86. The molecule has 0 bridgehead atoms. The molecule has 104 valence electrons. The second kappa shape index (κ2) is 6.55. The molecule has 2 rings (SSSR count). The van der Waals surface area contributed by atoms with E-state index in [-0.39, 0.29) is 6.04 Å². The molecule has 0 aromatic carbocycles. The molecule has 1 amide bonds. The van der Waals surface area contributed by atoms with Gasteiger partial charge in [0.15, 0.2) is 0 Å². The third-order valence-electron chi connectivity index (χ3n) is 4.55. The van der Waals surface area contributed by atoms with Crippen LogP contribution in [0, 0.1) is 5.92 Å². The van der Waals surface area contributed by atoms with Gasteiger partial charge in [-0.05, 0) is 31.6 Å². The van der Waals surface area contributed by atoms with Crippen molar-refractivity contribution in [2.75, 3.05) is 6.54 Å². The van der Waals surface area contributed by atoms with Gasteiger partial charge in [0.25, 0.3) is 0 Å². The van der Waals surface area contributed by atoms with E-state index >= 15 is 0 Å². The molecule has 0 radical (unpaired) electrons. The first-order valence-electron chi connectivity index (χ1n) is 7.84. The van der Waals surface area contributed by atoms with Crippen LogP contribution in [0.1, 0.15) is 65.2 Å². The first-order chi connectivity index (χ1) is 8.77. The van der Waals surface area contributed by atoms with E-state index in [1.807, 2.05) is 0 Å². The lowest BCUT2D eigenvalue weighted by atomic mass is 10.0. The molecular formula is C15H28N2O. The highest BCUT2D eigenvalue weighted by atomic mass is 16.2. The Labute approximate surface area is 111 Å². The number of unbranched alkanes of at least 4 members (excludes halogenated alkanes) is 2. The minimum absolute atomic E-state index is 0.0808. The summed E-state index contributed by atoms with van der Waals surface area (Å²) >= 11 is 0. The minimum atomic E-state index is 0.0808. The smallest absolute Gasteiger partial charge is 0.241 e. The summed E-state index contributed by atoms with van der Waals surface area (Å²) in [4.78, 5) is 14.5. The van der Waals surface area contributed by atoms with Crippen LogP contribution >= 0.6 is 0 Å². The van der Waals surface area contributed by atoms with Crippen LogP contribution in [0.3, 0.4) is 0 Å². The average Bonchev–Trinajstić information content (AvgIpc) is 2.99. The molecule has 1 aliphatic heterocycles. The summed E-state index contributed by atoms with van der Waals surface area (Å²) < 4.78 is 0. The second-order valence-corrected chi connectivity index (χ2v) is 5.86. The van der Waals surface area contributed by atoms with Gasteiger partial charge in [-0.2, -0.15) is 0 Å². The molecule has 1 saturated heterocycles. The van der Waals surface area contributed by atoms with Gasteiger partial charge in [0.1, 0.15) is 0 Å². The number of carbonyl (C=O) groups is 1. The Bertz CT molecular complexity index is 274.